The molecule has 5 heteroatoms. The third-order valence-electron chi connectivity index (χ3n) is 3.52. The molecule has 0 atom stereocenters. The molecule has 0 N–H and O–H groups in total. The van der Waals surface area contributed by atoms with E-state index in [4.69, 9.17) is 14.2 Å². The molecule has 0 saturated carbocycles. The van der Waals surface area contributed by atoms with Crippen LogP contribution in [0.4, 0.5) is 0 Å². The van der Waals surface area contributed by atoms with Crippen molar-refractivity contribution in [2.75, 3.05) is 20.8 Å². The van der Waals surface area contributed by atoms with E-state index < -0.39 is 0 Å². The summed E-state index contributed by atoms with van der Waals surface area (Å²) in [6.07, 6.45) is 1.76. The predicted molar refractivity (Wildman–Crippen MR) is 89.2 cm³/mol. The maximum absolute atomic E-state index is 5.68. The summed E-state index contributed by atoms with van der Waals surface area (Å²) < 4.78 is 16.3. The fourth-order valence-electron chi connectivity index (χ4n) is 2.43. The molecule has 0 unspecified atom stereocenters. The van der Waals surface area contributed by atoms with Gasteiger partial charge in [-0.3, -0.25) is 4.98 Å². The molecule has 23 heavy (non-hydrogen) atoms. The summed E-state index contributed by atoms with van der Waals surface area (Å²) in [7, 11) is 3.23. The summed E-state index contributed by atoms with van der Waals surface area (Å²) in [5, 5.41) is 0.901. The first-order chi connectivity index (χ1) is 11.3. The Morgan fingerprint density at radius 3 is 2.57 bits per heavy atom. The maximum atomic E-state index is 5.68. The van der Waals surface area contributed by atoms with Gasteiger partial charge in [0.1, 0.15) is 0 Å². The van der Waals surface area contributed by atoms with E-state index in [0.29, 0.717) is 24.0 Å². The van der Waals surface area contributed by atoms with Crippen molar-refractivity contribution >= 4 is 10.9 Å². The van der Waals surface area contributed by atoms with E-state index in [0.717, 1.165) is 22.2 Å². The van der Waals surface area contributed by atoms with Crippen molar-refractivity contribution in [3.63, 3.8) is 0 Å². The Labute approximate surface area is 134 Å². The molecule has 3 rings (SSSR count). The molecule has 0 amide bonds. The van der Waals surface area contributed by atoms with Crippen LogP contribution in [0.25, 0.3) is 22.2 Å². The smallest absolute Gasteiger partial charge is 0.223 e. The fraction of sp³-hybridized carbons (Fsp3) is 0.222. The molecule has 118 valence electrons. The van der Waals surface area contributed by atoms with Gasteiger partial charge in [-0.05, 0) is 43.3 Å². The molecule has 0 aliphatic rings. The summed E-state index contributed by atoms with van der Waals surface area (Å²) in [6, 6.07) is 11.5. The van der Waals surface area contributed by atoms with Crippen molar-refractivity contribution in [2.24, 2.45) is 0 Å². The molecular weight excluding hydrogens is 292 g/mol. The summed E-state index contributed by atoms with van der Waals surface area (Å²) in [6.45, 7) is 2.49. The van der Waals surface area contributed by atoms with Gasteiger partial charge in [0.05, 0.1) is 37.4 Å². The molecule has 0 saturated heterocycles. The Balaban J connectivity index is 2.16. The average molecular weight is 310 g/mol. The molecule has 0 bridgehead atoms. The largest absolute Gasteiger partial charge is 0.493 e. The lowest BCUT2D eigenvalue weighted by atomic mass is 10.1. The summed E-state index contributed by atoms with van der Waals surface area (Å²) in [4.78, 5) is 9.04. The molecule has 0 radical (unpaired) electrons. The Hall–Kier alpha value is -2.82. The quantitative estimate of drug-likeness (QED) is 0.719. The monoisotopic (exact) mass is 310 g/mol. The first-order valence-electron chi connectivity index (χ1n) is 7.37. The zero-order valence-corrected chi connectivity index (χ0v) is 13.4. The van der Waals surface area contributed by atoms with Crippen LogP contribution in [0.1, 0.15) is 6.92 Å². The zero-order valence-electron chi connectivity index (χ0n) is 13.4. The van der Waals surface area contributed by atoms with Crippen LogP contribution < -0.4 is 14.2 Å². The van der Waals surface area contributed by atoms with E-state index in [1.807, 2.05) is 43.3 Å². The van der Waals surface area contributed by atoms with Crippen LogP contribution in [0.3, 0.4) is 0 Å². The second-order valence-electron chi connectivity index (χ2n) is 4.89. The van der Waals surface area contributed by atoms with E-state index in [1.54, 1.807) is 20.4 Å². The predicted octanol–water partition coefficient (Wildman–Crippen LogP) is 3.71. The first-order valence-corrected chi connectivity index (χ1v) is 7.37. The fourth-order valence-corrected chi connectivity index (χ4v) is 2.43. The highest BCUT2D eigenvalue weighted by Crippen LogP contribution is 2.34. The van der Waals surface area contributed by atoms with Gasteiger partial charge in [-0.2, -0.15) is 0 Å². The number of fused-ring (bicyclic) bond motifs is 1. The summed E-state index contributed by atoms with van der Waals surface area (Å²) in [5.74, 6) is 1.92. The third kappa shape index (κ3) is 2.90. The highest BCUT2D eigenvalue weighted by atomic mass is 16.5. The summed E-state index contributed by atoms with van der Waals surface area (Å²) >= 11 is 0. The lowest BCUT2D eigenvalue weighted by Crippen LogP contribution is -1.98. The number of hydrogen-bond acceptors (Lipinski definition) is 5. The number of rotatable bonds is 5. The Bertz CT molecular complexity index is 834. The van der Waals surface area contributed by atoms with Crippen molar-refractivity contribution in [1.82, 2.24) is 9.97 Å². The molecule has 3 aromatic rings. The normalized spacial score (nSPS) is 10.6. The highest BCUT2D eigenvalue weighted by molar-refractivity contribution is 5.87. The second-order valence-corrected chi connectivity index (χ2v) is 4.89. The number of nitrogens with zero attached hydrogens (tertiary/aromatic N) is 2. The number of methoxy groups -OCH3 is 2. The number of benzene rings is 1. The van der Waals surface area contributed by atoms with E-state index >= 15 is 0 Å². The average Bonchev–Trinajstić information content (AvgIpc) is 2.61. The minimum Gasteiger partial charge on any atom is -0.493 e. The van der Waals surface area contributed by atoms with Gasteiger partial charge in [-0.25, -0.2) is 4.98 Å². The van der Waals surface area contributed by atoms with Gasteiger partial charge in [-0.1, -0.05) is 0 Å². The number of hydrogen-bond donors (Lipinski definition) is 0. The number of pyridine rings is 2. The Morgan fingerprint density at radius 2 is 1.83 bits per heavy atom. The molecule has 1 aromatic carbocycles. The molecule has 2 heterocycles. The van der Waals surface area contributed by atoms with Gasteiger partial charge in [0.15, 0.2) is 11.5 Å². The van der Waals surface area contributed by atoms with Crippen LogP contribution in [0, 0.1) is 0 Å². The van der Waals surface area contributed by atoms with Crippen LogP contribution in [-0.2, 0) is 0 Å². The highest BCUT2D eigenvalue weighted by Gasteiger charge is 2.12. The second kappa shape index (κ2) is 6.52. The molecule has 0 aliphatic carbocycles. The van der Waals surface area contributed by atoms with Gasteiger partial charge in [0.2, 0.25) is 5.88 Å². The summed E-state index contributed by atoms with van der Waals surface area (Å²) in [5.41, 5.74) is 2.53. The molecular formula is C18H18N2O3. The third-order valence-corrected chi connectivity index (χ3v) is 3.52. The van der Waals surface area contributed by atoms with E-state index in [1.165, 1.54) is 0 Å². The van der Waals surface area contributed by atoms with Gasteiger partial charge >= 0.3 is 0 Å². The Kier molecular flexibility index (Phi) is 4.28. The van der Waals surface area contributed by atoms with Crippen molar-refractivity contribution in [3.8, 4) is 28.6 Å². The van der Waals surface area contributed by atoms with Gasteiger partial charge in [0.25, 0.3) is 0 Å². The van der Waals surface area contributed by atoms with Crippen LogP contribution in [0.2, 0.25) is 0 Å². The van der Waals surface area contributed by atoms with Crippen molar-refractivity contribution in [1.29, 1.82) is 0 Å². The molecule has 0 spiro atoms. The number of ether oxygens (including phenoxy) is 3. The van der Waals surface area contributed by atoms with E-state index in [2.05, 4.69) is 9.97 Å². The van der Waals surface area contributed by atoms with Gasteiger partial charge in [-0.15, -0.1) is 0 Å². The minimum absolute atomic E-state index is 0.548. The SMILES string of the molecule is CCOc1nc(-c2ccc(OC)c(OC)c2)cc2ncccc12. The lowest BCUT2D eigenvalue weighted by Gasteiger charge is -2.11. The van der Waals surface area contributed by atoms with Gasteiger partial charge in [0, 0.05) is 11.8 Å². The van der Waals surface area contributed by atoms with Crippen LogP contribution in [-0.4, -0.2) is 30.8 Å². The standard InChI is InChI=1S/C18H18N2O3/c1-4-23-18-13-6-5-9-19-15(13)11-14(20-18)12-7-8-16(21-2)17(10-12)22-3/h5-11H,4H2,1-3H3. The molecule has 0 aliphatic heterocycles. The Morgan fingerprint density at radius 1 is 1.00 bits per heavy atom. The molecule has 5 nitrogen and oxygen atoms in total. The topological polar surface area (TPSA) is 53.5 Å². The van der Waals surface area contributed by atoms with Crippen LogP contribution in [0.5, 0.6) is 17.4 Å². The van der Waals surface area contributed by atoms with Crippen molar-refractivity contribution in [2.45, 2.75) is 6.92 Å². The van der Waals surface area contributed by atoms with Gasteiger partial charge < -0.3 is 14.2 Å². The lowest BCUT2D eigenvalue weighted by molar-refractivity contribution is 0.331. The van der Waals surface area contributed by atoms with Crippen molar-refractivity contribution < 1.29 is 14.2 Å². The van der Waals surface area contributed by atoms with E-state index in [9.17, 15) is 0 Å². The first kappa shape index (κ1) is 15.1. The van der Waals surface area contributed by atoms with Crippen LogP contribution in [0.15, 0.2) is 42.6 Å². The zero-order chi connectivity index (χ0) is 16.2. The molecule has 0 fully saturated rings. The maximum Gasteiger partial charge on any atom is 0.223 e. The van der Waals surface area contributed by atoms with E-state index in [-0.39, 0.29) is 0 Å². The molecule has 2 aromatic heterocycles. The van der Waals surface area contributed by atoms with Crippen molar-refractivity contribution in [3.05, 3.63) is 42.6 Å². The van der Waals surface area contributed by atoms with Crippen LogP contribution >= 0.6 is 0 Å². The number of aromatic nitrogens is 2. The minimum atomic E-state index is 0.548.